The van der Waals surface area contributed by atoms with Gasteiger partial charge in [0.05, 0.1) is 18.2 Å². The summed E-state index contributed by atoms with van der Waals surface area (Å²) in [5.74, 6) is 0.129. The zero-order valence-corrected chi connectivity index (χ0v) is 16.9. The molecule has 0 aromatic heterocycles. The number of rotatable bonds is 6. The SMILES string of the molecule is CC1(c2ccc(C#N)cc2)NC(=O)N(CC(O)COc2ccc3ccccc3c2)C1=O. The molecular weight excluding hydrogens is 394 g/mol. The van der Waals surface area contributed by atoms with E-state index >= 15 is 0 Å². The minimum Gasteiger partial charge on any atom is -0.491 e. The fourth-order valence-corrected chi connectivity index (χ4v) is 3.65. The van der Waals surface area contributed by atoms with Gasteiger partial charge >= 0.3 is 6.03 Å². The zero-order valence-electron chi connectivity index (χ0n) is 16.9. The van der Waals surface area contributed by atoms with E-state index in [1.807, 2.05) is 48.5 Å². The Hall–Kier alpha value is -3.89. The fraction of sp³-hybridized carbons (Fsp3) is 0.208. The first-order valence-electron chi connectivity index (χ1n) is 9.85. The normalized spacial score (nSPS) is 19.2. The lowest BCUT2D eigenvalue weighted by molar-refractivity contribution is -0.132. The van der Waals surface area contributed by atoms with Crippen molar-refractivity contribution in [3.8, 4) is 11.8 Å². The topological polar surface area (TPSA) is 103 Å². The predicted molar refractivity (Wildman–Crippen MR) is 114 cm³/mol. The Morgan fingerprint density at radius 3 is 2.52 bits per heavy atom. The Kier molecular flexibility index (Phi) is 5.32. The molecule has 7 heteroatoms. The van der Waals surface area contributed by atoms with Crippen LogP contribution in [0.2, 0.25) is 0 Å². The molecular formula is C24H21N3O4. The smallest absolute Gasteiger partial charge is 0.325 e. The number of β-amino-alcohol motifs (C(OH)–C–C–N with tert-alkyl or cyclic N) is 1. The highest BCUT2D eigenvalue weighted by molar-refractivity contribution is 6.07. The molecule has 1 aliphatic rings. The maximum atomic E-state index is 13.0. The molecule has 31 heavy (non-hydrogen) atoms. The van der Waals surface area contributed by atoms with E-state index in [-0.39, 0.29) is 13.2 Å². The molecule has 0 radical (unpaired) electrons. The molecule has 7 nitrogen and oxygen atoms in total. The van der Waals surface area contributed by atoms with Crippen molar-refractivity contribution in [2.24, 2.45) is 0 Å². The maximum Gasteiger partial charge on any atom is 0.325 e. The summed E-state index contributed by atoms with van der Waals surface area (Å²) >= 11 is 0. The quantitative estimate of drug-likeness (QED) is 0.603. The molecule has 156 valence electrons. The third kappa shape index (κ3) is 3.93. The second-order valence-electron chi connectivity index (χ2n) is 7.63. The van der Waals surface area contributed by atoms with Gasteiger partial charge in [-0.25, -0.2) is 4.79 Å². The second-order valence-corrected chi connectivity index (χ2v) is 7.63. The maximum absolute atomic E-state index is 13.0. The number of aliphatic hydroxyl groups excluding tert-OH is 1. The molecule has 0 bridgehead atoms. The predicted octanol–water partition coefficient (Wildman–Crippen LogP) is 2.92. The Balaban J connectivity index is 1.41. The molecule has 2 N–H and O–H groups in total. The number of nitrogens with one attached hydrogen (secondary N) is 1. The first-order valence-corrected chi connectivity index (χ1v) is 9.85. The van der Waals surface area contributed by atoms with Crippen molar-refractivity contribution in [3.05, 3.63) is 77.9 Å². The molecule has 0 aliphatic carbocycles. The number of nitriles is 1. The van der Waals surface area contributed by atoms with E-state index in [1.54, 1.807) is 31.2 Å². The number of nitrogens with zero attached hydrogens (tertiary/aromatic N) is 2. The van der Waals surface area contributed by atoms with Crippen LogP contribution in [0.15, 0.2) is 66.7 Å². The van der Waals surface area contributed by atoms with Gasteiger partial charge in [-0.15, -0.1) is 0 Å². The molecule has 0 spiro atoms. The number of carbonyl (C=O) groups excluding carboxylic acids is 2. The minimum absolute atomic E-state index is 0.0665. The van der Waals surface area contributed by atoms with Crippen LogP contribution in [-0.2, 0) is 10.3 Å². The molecule has 3 aromatic rings. The van der Waals surface area contributed by atoms with Crippen LogP contribution in [0.3, 0.4) is 0 Å². The van der Waals surface area contributed by atoms with E-state index in [2.05, 4.69) is 5.32 Å². The van der Waals surface area contributed by atoms with Gasteiger partial charge in [0.1, 0.15) is 24.0 Å². The number of amides is 3. The van der Waals surface area contributed by atoms with E-state index in [0.717, 1.165) is 15.7 Å². The summed E-state index contributed by atoms with van der Waals surface area (Å²) in [6.45, 7) is 1.35. The highest BCUT2D eigenvalue weighted by Gasteiger charge is 2.49. The van der Waals surface area contributed by atoms with Crippen molar-refractivity contribution in [2.45, 2.75) is 18.6 Å². The van der Waals surface area contributed by atoms with Crippen LogP contribution in [0.4, 0.5) is 4.79 Å². The first kappa shape index (κ1) is 20.4. The zero-order chi connectivity index (χ0) is 22.0. The molecule has 3 amide bonds. The molecule has 2 unspecified atom stereocenters. The number of fused-ring (bicyclic) bond motifs is 1. The third-order valence-corrected chi connectivity index (χ3v) is 5.42. The van der Waals surface area contributed by atoms with Crippen LogP contribution < -0.4 is 10.1 Å². The highest BCUT2D eigenvalue weighted by Crippen LogP contribution is 2.29. The van der Waals surface area contributed by atoms with Gasteiger partial charge in [0.15, 0.2) is 0 Å². The Labute approximate surface area is 179 Å². The Bertz CT molecular complexity index is 1190. The lowest BCUT2D eigenvalue weighted by Gasteiger charge is -2.23. The van der Waals surface area contributed by atoms with Crippen LogP contribution in [0.25, 0.3) is 10.8 Å². The van der Waals surface area contributed by atoms with E-state index < -0.39 is 23.6 Å². The summed E-state index contributed by atoms with van der Waals surface area (Å²) < 4.78 is 5.67. The lowest BCUT2D eigenvalue weighted by Crippen LogP contribution is -2.42. The highest BCUT2D eigenvalue weighted by atomic mass is 16.5. The average molecular weight is 415 g/mol. The average Bonchev–Trinajstić information content (AvgIpc) is 3.01. The summed E-state index contributed by atoms with van der Waals surface area (Å²) in [5, 5.41) is 24.1. The fourth-order valence-electron chi connectivity index (χ4n) is 3.65. The number of ether oxygens (including phenoxy) is 1. The molecule has 4 rings (SSSR count). The molecule has 3 aromatic carbocycles. The third-order valence-electron chi connectivity index (χ3n) is 5.42. The number of benzene rings is 3. The molecule has 0 saturated carbocycles. The summed E-state index contributed by atoms with van der Waals surface area (Å²) in [6, 6.07) is 21.4. The Morgan fingerprint density at radius 1 is 1.10 bits per heavy atom. The molecule has 1 saturated heterocycles. The molecule has 1 heterocycles. The van der Waals surface area contributed by atoms with Crippen molar-refractivity contribution >= 4 is 22.7 Å². The second kappa shape index (κ2) is 8.09. The molecule has 2 atom stereocenters. The van der Waals surface area contributed by atoms with Crippen molar-refractivity contribution in [1.29, 1.82) is 5.26 Å². The van der Waals surface area contributed by atoms with E-state index in [9.17, 15) is 14.7 Å². The number of aliphatic hydroxyl groups is 1. The van der Waals surface area contributed by atoms with Crippen LogP contribution in [0.1, 0.15) is 18.1 Å². The Morgan fingerprint density at radius 2 is 1.81 bits per heavy atom. The van der Waals surface area contributed by atoms with Gasteiger partial charge in [-0.05, 0) is 47.5 Å². The van der Waals surface area contributed by atoms with Gasteiger partial charge in [-0.1, -0.05) is 42.5 Å². The van der Waals surface area contributed by atoms with E-state index in [4.69, 9.17) is 10.00 Å². The van der Waals surface area contributed by atoms with Crippen molar-refractivity contribution in [3.63, 3.8) is 0 Å². The van der Waals surface area contributed by atoms with Gasteiger partial charge in [0, 0.05) is 0 Å². The van der Waals surface area contributed by atoms with Gasteiger partial charge in [0.2, 0.25) is 0 Å². The van der Waals surface area contributed by atoms with Crippen molar-refractivity contribution in [2.75, 3.05) is 13.2 Å². The number of urea groups is 1. The lowest BCUT2D eigenvalue weighted by atomic mass is 9.91. The van der Waals surface area contributed by atoms with Gasteiger partial charge in [-0.3, -0.25) is 9.69 Å². The van der Waals surface area contributed by atoms with Gasteiger partial charge in [-0.2, -0.15) is 5.26 Å². The largest absolute Gasteiger partial charge is 0.491 e. The molecule has 1 aliphatic heterocycles. The van der Waals surface area contributed by atoms with Crippen LogP contribution in [0, 0.1) is 11.3 Å². The van der Waals surface area contributed by atoms with E-state index in [0.29, 0.717) is 16.9 Å². The summed E-state index contributed by atoms with van der Waals surface area (Å²) in [4.78, 5) is 26.4. The summed E-state index contributed by atoms with van der Waals surface area (Å²) in [5.41, 5.74) is -0.235. The minimum atomic E-state index is -1.26. The molecule has 1 fully saturated rings. The van der Waals surface area contributed by atoms with E-state index in [1.165, 1.54) is 0 Å². The van der Waals surface area contributed by atoms with Gasteiger partial charge in [0.25, 0.3) is 5.91 Å². The summed E-state index contributed by atoms with van der Waals surface area (Å²) in [6.07, 6.45) is -1.05. The van der Waals surface area contributed by atoms with Crippen LogP contribution in [0.5, 0.6) is 5.75 Å². The number of imide groups is 1. The number of hydrogen-bond acceptors (Lipinski definition) is 5. The first-order chi connectivity index (χ1) is 14.9. The number of hydrogen-bond donors (Lipinski definition) is 2. The number of carbonyl (C=O) groups is 2. The van der Waals surface area contributed by atoms with Gasteiger partial charge < -0.3 is 15.2 Å². The van der Waals surface area contributed by atoms with Crippen LogP contribution in [-0.4, -0.2) is 41.2 Å². The monoisotopic (exact) mass is 415 g/mol. The summed E-state index contributed by atoms with van der Waals surface area (Å²) in [7, 11) is 0. The van der Waals surface area contributed by atoms with Crippen LogP contribution >= 0.6 is 0 Å². The standard InChI is InChI=1S/C24H21N3O4/c1-24(19-9-6-16(13-25)7-10-19)22(29)27(23(30)26-24)14-20(28)15-31-21-11-8-17-4-2-3-5-18(17)12-21/h2-12,20,28H,14-15H2,1H3,(H,26,30). The van der Waals surface area contributed by atoms with Crippen molar-refractivity contribution < 1.29 is 19.4 Å². The van der Waals surface area contributed by atoms with Crippen molar-refractivity contribution in [1.82, 2.24) is 10.2 Å².